The molecule has 0 bridgehead atoms. The molecule has 0 spiro atoms. The van der Waals surface area contributed by atoms with Crippen molar-refractivity contribution >= 4 is 5.97 Å². The zero-order valence-electron chi connectivity index (χ0n) is 10.1. The van der Waals surface area contributed by atoms with Crippen molar-refractivity contribution in [1.82, 2.24) is 0 Å². The molecule has 0 unspecified atom stereocenters. The van der Waals surface area contributed by atoms with Crippen LogP contribution in [0.5, 0.6) is 5.75 Å². The average molecular weight is 239 g/mol. The van der Waals surface area contributed by atoms with Crippen molar-refractivity contribution in [2.24, 2.45) is 5.41 Å². The molecule has 1 aliphatic carbocycles. The third-order valence-electron chi connectivity index (χ3n) is 3.95. The number of carbonyl (C=O) groups excluding carboxylic acids is 1. The standard InChI is InChI=1S/C15H13NO2/c1-10-6-7-15(9-16)12(8-10)11-4-2-3-5-13(11)18-14(15)17/h2-6,12H,7-8H2,1H3/t12-,15+/m0/s1. The van der Waals surface area contributed by atoms with Crippen LogP contribution in [0, 0.1) is 16.7 Å². The van der Waals surface area contributed by atoms with E-state index in [9.17, 15) is 10.1 Å². The molecule has 0 aromatic heterocycles. The van der Waals surface area contributed by atoms with Crippen LogP contribution in [0.3, 0.4) is 0 Å². The summed E-state index contributed by atoms with van der Waals surface area (Å²) in [5.41, 5.74) is 1.18. The zero-order valence-corrected chi connectivity index (χ0v) is 10.1. The minimum Gasteiger partial charge on any atom is -0.425 e. The Morgan fingerprint density at radius 2 is 2.22 bits per heavy atom. The fraction of sp³-hybridized carbons (Fsp3) is 0.333. The first-order chi connectivity index (χ1) is 8.67. The molecule has 0 fully saturated rings. The van der Waals surface area contributed by atoms with E-state index in [0.29, 0.717) is 12.2 Å². The van der Waals surface area contributed by atoms with Gasteiger partial charge in [-0.1, -0.05) is 29.8 Å². The number of fused-ring (bicyclic) bond motifs is 3. The average Bonchev–Trinajstić information content (AvgIpc) is 2.39. The van der Waals surface area contributed by atoms with Gasteiger partial charge in [0.15, 0.2) is 5.41 Å². The van der Waals surface area contributed by atoms with Crippen molar-refractivity contribution in [2.45, 2.75) is 25.7 Å². The van der Waals surface area contributed by atoms with Crippen molar-refractivity contribution in [2.75, 3.05) is 0 Å². The van der Waals surface area contributed by atoms with Crippen LogP contribution in [-0.2, 0) is 4.79 Å². The molecule has 90 valence electrons. The predicted molar refractivity (Wildman–Crippen MR) is 65.9 cm³/mol. The van der Waals surface area contributed by atoms with E-state index in [1.165, 1.54) is 5.57 Å². The van der Waals surface area contributed by atoms with Gasteiger partial charge in [0.1, 0.15) is 5.75 Å². The van der Waals surface area contributed by atoms with E-state index in [4.69, 9.17) is 4.74 Å². The zero-order chi connectivity index (χ0) is 12.8. The van der Waals surface area contributed by atoms with Gasteiger partial charge in [-0.25, -0.2) is 4.79 Å². The van der Waals surface area contributed by atoms with E-state index in [2.05, 4.69) is 6.07 Å². The molecule has 0 radical (unpaired) electrons. The van der Waals surface area contributed by atoms with Gasteiger partial charge in [0.2, 0.25) is 0 Å². The van der Waals surface area contributed by atoms with E-state index >= 15 is 0 Å². The van der Waals surface area contributed by atoms with Gasteiger partial charge in [-0.2, -0.15) is 5.26 Å². The summed E-state index contributed by atoms with van der Waals surface area (Å²) in [5, 5.41) is 9.48. The Labute approximate surface area is 106 Å². The summed E-state index contributed by atoms with van der Waals surface area (Å²) in [5.74, 6) is 0.121. The Morgan fingerprint density at radius 1 is 1.44 bits per heavy atom. The molecule has 1 aliphatic heterocycles. The lowest BCUT2D eigenvalue weighted by Crippen LogP contribution is -2.44. The number of para-hydroxylation sites is 1. The molecule has 0 saturated carbocycles. The van der Waals surface area contributed by atoms with E-state index in [1.807, 2.05) is 31.2 Å². The third kappa shape index (κ3) is 1.32. The largest absolute Gasteiger partial charge is 0.425 e. The van der Waals surface area contributed by atoms with Gasteiger partial charge >= 0.3 is 5.97 Å². The number of allylic oxidation sites excluding steroid dienone is 2. The number of nitrogens with zero attached hydrogens (tertiary/aromatic N) is 1. The smallest absolute Gasteiger partial charge is 0.332 e. The second-order valence-corrected chi connectivity index (χ2v) is 5.02. The molecule has 0 N–H and O–H groups in total. The highest BCUT2D eigenvalue weighted by Crippen LogP contribution is 2.52. The maximum absolute atomic E-state index is 12.2. The number of hydrogen-bond acceptors (Lipinski definition) is 3. The van der Waals surface area contributed by atoms with Crippen molar-refractivity contribution in [3.05, 3.63) is 41.5 Å². The van der Waals surface area contributed by atoms with Crippen LogP contribution in [-0.4, -0.2) is 5.97 Å². The normalized spacial score (nSPS) is 29.4. The van der Waals surface area contributed by atoms with Gasteiger partial charge in [-0.15, -0.1) is 0 Å². The second kappa shape index (κ2) is 3.71. The summed E-state index contributed by atoms with van der Waals surface area (Å²) in [6.45, 7) is 2.05. The van der Waals surface area contributed by atoms with Crippen LogP contribution in [0.15, 0.2) is 35.9 Å². The van der Waals surface area contributed by atoms with Crippen LogP contribution in [0.4, 0.5) is 0 Å². The number of rotatable bonds is 0. The molecule has 1 aromatic rings. The lowest BCUT2D eigenvalue weighted by Gasteiger charge is -2.40. The van der Waals surface area contributed by atoms with E-state index < -0.39 is 11.4 Å². The number of hydrogen-bond donors (Lipinski definition) is 0. The van der Waals surface area contributed by atoms with Gasteiger partial charge in [-0.05, 0) is 25.8 Å². The van der Waals surface area contributed by atoms with Gasteiger partial charge in [0, 0.05) is 11.5 Å². The van der Waals surface area contributed by atoms with E-state index in [0.717, 1.165) is 12.0 Å². The van der Waals surface area contributed by atoms with Crippen molar-refractivity contribution in [3.63, 3.8) is 0 Å². The van der Waals surface area contributed by atoms with E-state index in [-0.39, 0.29) is 5.92 Å². The molecule has 3 heteroatoms. The molecule has 0 saturated heterocycles. The minimum absolute atomic E-state index is 0.0788. The minimum atomic E-state index is -1.03. The predicted octanol–water partition coefficient (Wildman–Crippen LogP) is 2.94. The number of carbonyl (C=O) groups is 1. The molecule has 18 heavy (non-hydrogen) atoms. The highest BCUT2D eigenvalue weighted by molar-refractivity contribution is 5.86. The van der Waals surface area contributed by atoms with Gasteiger partial charge in [0.05, 0.1) is 6.07 Å². The van der Waals surface area contributed by atoms with Crippen molar-refractivity contribution in [1.29, 1.82) is 5.26 Å². The Bertz CT molecular complexity index is 597. The highest BCUT2D eigenvalue weighted by Gasteiger charge is 2.53. The first kappa shape index (κ1) is 11.0. The molecule has 3 nitrogen and oxygen atoms in total. The summed E-state index contributed by atoms with van der Waals surface area (Å²) >= 11 is 0. The van der Waals surface area contributed by atoms with Crippen molar-refractivity contribution in [3.8, 4) is 11.8 Å². The first-order valence-corrected chi connectivity index (χ1v) is 6.05. The first-order valence-electron chi connectivity index (χ1n) is 6.05. The van der Waals surface area contributed by atoms with Crippen LogP contribution < -0.4 is 4.74 Å². The molecule has 2 aliphatic rings. The molecule has 1 heterocycles. The Morgan fingerprint density at radius 3 is 3.00 bits per heavy atom. The Hall–Kier alpha value is -2.08. The van der Waals surface area contributed by atoms with Gasteiger partial charge in [0.25, 0.3) is 0 Å². The molecule has 2 atom stereocenters. The molecular weight excluding hydrogens is 226 g/mol. The molecule has 1 aromatic carbocycles. The highest BCUT2D eigenvalue weighted by atomic mass is 16.5. The summed E-state index contributed by atoms with van der Waals surface area (Å²) in [6.07, 6.45) is 3.18. The fourth-order valence-corrected chi connectivity index (χ4v) is 2.88. The lowest BCUT2D eigenvalue weighted by molar-refractivity contribution is -0.145. The molecule has 3 rings (SSSR count). The van der Waals surface area contributed by atoms with Crippen molar-refractivity contribution < 1.29 is 9.53 Å². The number of esters is 1. The Balaban J connectivity index is 2.21. The maximum Gasteiger partial charge on any atom is 0.332 e. The number of ether oxygens (including phenoxy) is 1. The second-order valence-electron chi connectivity index (χ2n) is 5.02. The van der Waals surface area contributed by atoms with Crippen LogP contribution in [0.1, 0.15) is 31.2 Å². The monoisotopic (exact) mass is 239 g/mol. The summed E-state index contributed by atoms with van der Waals surface area (Å²) in [7, 11) is 0. The van der Waals surface area contributed by atoms with Crippen LogP contribution in [0.2, 0.25) is 0 Å². The molecular formula is C15H13NO2. The Kier molecular flexibility index (Phi) is 2.27. The van der Waals surface area contributed by atoms with E-state index in [1.54, 1.807) is 6.07 Å². The van der Waals surface area contributed by atoms with Gasteiger partial charge < -0.3 is 4.74 Å². The number of benzene rings is 1. The topological polar surface area (TPSA) is 50.1 Å². The number of nitriles is 1. The third-order valence-corrected chi connectivity index (χ3v) is 3.95. The molecule has 0 amide bonds. The summed E-state index contributed by atoms with van der Waals surface area (Å²) in [4.78, 5) is 12.2. The summed E-state index contributed by atoms with van der Waals surface area (Å²) in [6, 6.07) is 9.73. The maximum atomic E-state index is 12.2. The van der Waals surface area contributed by atoms with Crippen LogP contribution >= 0.6 is 0 Å². The van der Waals surface area contributed by atoms with Gasteiger partial charge in [-0.3, -0.25) is 0 Å². The summed E-state index contributed by atoms with van der Waals surface area (Å²) < 4.78 is 5.34. The lowest BCUT2D eigenvalue weighted by atomic mass is 9.64. The van der Waals surface area contributed by atoms with Crippen LogP contribution in [0.25, 0.3) is 0 Å². The fourth-order valence-electron chi connectivity index (χ4n) is 2.88. The quantitative estimate of drug-likeness (QED) is 0.397. The SMILES string of the molecule is CC1=CC[C@]2(C#N)C(=O)Oc3ccccc3[C@@H]2C1.